The van der Waals surface area contributed by atoms with Crippen molar-refractivity contribution in [1.29, 1.82) is 0 Å². The molecule has 5 rings (SSSR count). The lowest BCUT2D eigenvalue weighted by atomic mass is 10.1. The number of nitrogens with zero attached hydrogens (tertiary/aromatic N) is 5. The monoisotopic (exact) mass is 467 g/mol. The number of aryl methyl sites for hydroxylation is 1. The summed E-state index contributed by atoms with van der Waals surface area (Å²) < 4.78 is 29.3. The second-order valence-electron chi connectivity index (χ2n) is 9.20. The first-order valence-corrected chi connectivity index (χ1v) is 13.0. The molecule has 1 amide bonds. The van der Waals surface area contributed by atoms with Crippen LogP contribution >= 0.6 is 0 Å². The highest BCUT2D eigenvalue weighted by atomic mass is 32.2. The van der Waals surface area contributed by atoms with Crippen LogP contribution in [-0.4, -0.2) is 64.5 Å². The van der Waals surface area contributed by atoms with E-state index >= 15 is 0 Å². The minimum atomic E-state index is -3.56. The molecule has 1 saturated carbocycles. The zero-order chi connectivity index (χ0) is 23.3. The van der Waals surface area contributed by atoms with Gasteiger partial charge in [0.15, 0.2) is 5.65 Å². The van der Waals surface area contributed by atoms with E-state index in [0.29, 0.717) is 24.6 Å². The molecular weight excluding hydrogens is 438 g/mol. The molecule has 1 saturated heterocycles. The SMILES string of the molecule is Cc1nn(C(C)C)c2nc(C3CC3)cc(C(=O)N3CCN(S(=O)(=O)c4ccccc4)CC3)c12. The van der Waals surface area contributed by atoms with Gasteiger partial charge < -0.3 is 4.90 Å². The second-order valence-corrected chi connectivity index (χ2v) is 11.1. The highest BCUT2D eigenvalue weighted by Crippen LogP contribution is 2.41. The van der Waals surface area contributed by atoms with Crippen LogP contribution in [0.5, 0.6) is 0 Å². The van der Waals surface area contributed by atoms with Gasteiger partial charge in [-0.2, -0.15) is 9.40 Å². The number of pyridine rings is 1. The molecule has 0 radical (unpaired) electrons. The van der Waals surface area contributed by atoms with E-state index in [1.54, 1.807) is 35.2 Å². The summed E-state index contributed by atoms with van der Waals surface area (Å²) in [5, 5.41) is 5.48. The van der Waals surface area contributed by atoms with Crippen molar-refractivity contribution in [1.82, 2.24) is 24.0 Å². The van der Waals surface area contributed by atoms with Gasteiger partial charge in [0.05, 0.1) is 21.5 Å². The third-order valence-corrected chi connectivity index (χ3v) is 8.39. The molecule has 0 spiro atoms. The number of aromatic nitrogens is 3. The van der Waals surface area contributed by atoms with Crippen LogP contribution in [0.1, 0.15) is 60.4 Å². The zero-order valence-electron chi connectivity index (χ0n) is 19.2. The predicted molar refractivity (Wildman–Crippen MR) is 126 cm³/mol. The van der Waals surface area contributed by atoms with Crippen molar-refractivity contribution in [2.24, 2.45) is 0 Å². The van der Waals surface area contributed by atoms with Crippen LogP contribution in [0.3, 0.4) is 0 Å². The van der Waals surface area contributed by atoms with E-state index in [9.17, 15) is 13.2 Å². The highest BCUT2D eigenvalue weighted by Gasteiger charge is 2.33. The number of hydrogen-bond donors (Lipinski definition) is 0. The van der Waals surface area contributed by atoms with E-state index in [2.05, 4.69) is 18.9 Å². The van der Waals surface area contributed by atoms with Gasteiger partial charge in [-0.1, -0.05) is 18.2 Å². The molecule has 8 nitrogen and oxygen atoms in total. The van der Waals surface area contributed by atoms with Crippen molar-refractivity contribution >= 4 is 27.0 Å². The molecule has 2 aliphatic rings. The fourth-order valence-corrected chi connectivity index (χ4v) is 5.94. The molecule has 33 heavy (non-hydrogen) atoms. The molecule has 0 unspecified atom stereocenters. The summed E-state index contributed by atoms with van der Waals surface area (Å²) in [7, 11) is -3.56. The van der Waals surface area contributed by atoms with Gasteiger partial charge in [0.25, 0.3) is 5.91 Å². The summed E-state index contributed by atoms with van der Waals surface area (Å²) >= 11 is 0. The van der Waals surface area contributed by atoms with E-state index < -0.39 is 10.0 Å². The Labute approximate surface area is 194 Å². The lowest BCUT2D eigenvalue weighted by molar-refractivity contribution is 0.0699. The maximum absolute atomic E-state index is 13.7. The number of benzene rings is 1. The fraction of sp³-hybridized carbons (Fsp3) is 0.458. The van der Waals surface area contributed by atoms with Gasteiger partial charge in [0.2, 0.25) is 10.0 Å². The Morgan fingerprint density at radius 1 is 1.06 bits per heavy atom. The normalized spacial score (nSPS) is 17.8. The Bertz CT molecular complexity index is 1300. The first kappa shape index (κ1) is 22.0. The maximum atomic E-state index is 13.7. The summed E-state index contributed by atoms with van der Waals surface area (Å²) in [5.74, 6) is 0.331. The molecule has 3 aromatic rings. The van der Waals surface area contributed by atoms with E-state index in [1.807, 2.05) is 17.7 Å². The Balaban J connectivity index is 1.43. The van der Waals surface area contributed by atoms with Crippen molar-refractivity contribution in [2.75, 3.05) is 26.2 Å². The Kier molecular flexibility index (Phi) is 5.49. The van der Waals surface area contributed by atoms with E-state index in [4.69, 9.17) is 4.98 Å². The standard InChI is InChI=1S/C24H29N5O3S/c1-16(2)29-23-22(17(3)26-29)20(15-21(25-23)18-9-10-18)24(30)27-11-13-28(14-12-27)33(31,32)19-7-5-4-6-8-19/h4-8,15-16,18H,9-14H2,1-3H3. The van der Waals surface area contributed by atoms with Crippen LogP contribution in [0.15, 0.2) is 41.3 Å². The van der Waals surface area contributed by atoms with Crippen LogP contribution in [0.25, 0.3) is 11.0 Å². The molecule has 174 valence electrons. The lowest BCUT2D eigenvalue weighted by Crippen LogP contribution is -2.50. The Morgan fingerprint density at radius 3 is 2.33 bits per heavy atom. The molecule has 2 fully saturated rings. The summed E-state index contributed by atoms with van der Waals surface area (Å²) in [5.41, 5.74) is 3.14. The molecular formula is C24H29N5O3S. The van der Waals surface area contributed by atoms with E-state index in [-0.39, 0.29) is 29.9 Å². The molecule has 2 aromatic heterocycles. The molecule has 0 N–H and O–H groups in total. The van der Waals surface area contributed by atoms with Crippen LogP contribution in [0.4, 0.5) is 0 Å². The minimum Gasteiger partial charge on any atom is -0.336 e. The van der Waals surface area contributed by atoms with Crippen molar-refractivity contribution < 1.29 is 13.2 Å². The quantitative estimate of drug-likeness (QED) is 0.574. The molecule has 1 aliphatic carbocycles. The molecule has 1 aliphatic heterocycles. The second kappa shape index (κ2) is 8.22. The number of piperazine rings is 1. The summed E-state index contributed by atoms with van der Waals surface area (Å²) in [4.78, 5) is 20.6. The third kappa shape index (κ3) is 3.93. The Hall–Kier alpha value is -2.78. The fourth-order valence-electron chi connectivity index (χ4n) is 4.49. The topological polar surface area (TPSA) is 88.4 Å². The van der Waals surface area contributed by atoms with Gasteiger partial charge in [-0.15, -0.1) is 0 Å². The van der Waals surface area contributed by atoms with Gasteiger partial charge in [0.1, 0.15) is 0 Å². The number of sulfonamides is 1. The average molecular weight is 468 g/mol. The van der Waals surface area contributed by atoms with Crippen LogP contribution in [0.2, 0.25) is 0 Å². The summed E-state index contributed by atoms with van der Waals surface area (Å²) in [6.45, 7) is 7.29. The maximum Gasteiger partial charge on any atom is 0.254 e. The molecule has 0 bridgehead atoms. The van der Waals surface area contributed by atoms with Crippen LogP contribution in [-0.2, 0) is 10.0 Å². The number of carbonyl (C=O) groups excluding carboxylic acids is 1. The number of fused-ring (bicyclic) bond motifs is 1. The van der Waals surface area contributed by atoms with Crippen molar-refractivity contribution in [3.8, 4) is 0 Å². The van der Waals surface area contributed by atoms with Gasteiger partial charge >= 0.3 is 0 Å². The first-order valence-electron chi connectivity index (χ1n) is 11.5. The molecule has 1 aromatic carbocycles. The summed E-state index contributed by atoms with van der Waals surface area (Å²) in [6, 6.07) is 10.5. The zero-order valence-corrected chi connectivity index (χ0v) is 20.0. The van der Waals surface area contributed by atoms with E-state index in [1.165, 1.54) is 4.31 Å². The first-order chi connectivity index (χ1) is 15.8. The van der Waals surface area contributed by atoms with Crippen LogP contribution < -0.4 is 0 Å². The van der Waals surface area contributed by atoms with Crippen LogP contribution in [0, 0.1) is 6.92 Å². The number of amides is 1. The average Bonchev–Trinajstić information content (AvgIpc) is 3.62. The summed E-state index contributed by atoms with van der Waals surface area (Å²) in [6.07, 6.45) is 2.19. The van der Waals surface area contributed by atoms with Gasteiger partial charge in [0, 0.05) is 43.8 Å². The minimum absolute atomic E-state index is 0.0764. The van der Waals surface area contributed by atoms with Crippen molar-refractivity contribution in [2.45, 2.75) is 50.5 Å². The molecule has 0 atom stereocenters. The number of hydrogen-bond acceptors (Lipinski definition) is 5. The van der Waals surface area contributed by atoms with Gasteiger partial charge in [-0.25, -0.2) is 18.1 Å². The highest BCUT2D eigenvalue weighted by molar-refractivity contribution is 7.89. The number of carbonyl (C=O) groups is 1. The van der Waals surface area contributed by atoms with Crippen molar-refractivity contribution in [3.63, 3.8) is 0 Å². The van der Waals surface area contributed by atoms with E-state index in [0.717, 1.165) is 35.3 Å². The van der Waals surface area contributed by atoms with Gasteiger partial charge in [-0.3, -0.25) is 4.79 Å². The van der Waals surface area contributed by atoms with Crippen molar-refractivity contribution in [3.05, 3.63) is 53.3 Å². The molecule has 9 heteroatoms. The smallest absolute Gasteiger partial charge is 0.254 e. The molecule has 3 heterocycles. The Morgan fingerprint density at radius 2 is 1.73 bits per heavy atom. The third-order valence-electron chi connectivity index (χ3n) is 6.48. The number of rotatable bonds is 5. The predicted octanol–water partition coefficient (Wildman–Crippen LogP) is 3.34. The largest absolute Gasteiger partial charge is 0.336 e. The lowest BCUT2D eigenvalue weighted by Gasteiger charge is -2.34. The van der Waals surface area contributed by atoms with Gasteiger partial charge in [-0.05, 0) is 51.8 Å².